The van der Waals surface area contributed by atoms with Crippen molar-refractivity contribution in [1.29, 1.82) is 0 Å². The van der Waals surface area contributed by atoms with Crippen molar-refractivity contribution in [2.24, 2.45) is 0 Å². The van der Waals surface area contributed by atoms with Gasteiger partial charge in [0.1, 0.15) is 11.6 Å². The fourth-order valence-corrected chi connectivity index (χ4v) is 3.48. The molecule has 0 aliphatic carbocycles. The molecule has 0 radical (unpaired) electrons. The number of carbonyl (C=O) groups excluding carboxylic acids is 1. The van der Waals surface area contributed by atoms with Crippen LogP contribution in [0.25, 0.3) is 11.4 Å². The number of benzene rings is 2. The van der Waals surface area contributed by atoms with Gasteiger partial charge in [-0.25, -0.2) is 4.39 Å². The first-order valence-electron chi connectivity index (χ1n) is 10.3. The summed E-state index contributed by atoms with van der Waals surface area (Å²) in [5.74, 6) is 1.19. The number of amides is 1. The van der Waals surface area contributed by atoms with Crippen molar-refractivity contribution in [1.82, 2.24) is 19.9 Å². The minimum Gasteiger partial charge on any atom is -0.481 e. The average molecular weight is 424 g/mol. The summed E-state index contributed by atoms with van der Waals surface area (Å²) in [5.41, 5.74) is 2.10. The van der Waals surface area contributed by atoms with E-state index in [0.717, 1.165) is 5.56 Å². The van der Waals surface area contributed by atoms with Crippen LogP contribution in [0.4, 0.5) is 4.39 Å². The molecule has 4 rings (SSSR count). The monoisotopic (exact) mass is 424 g/mol. The number of hydrogen-bond acceptors (Lipinski definition) is 6. The Balaban J connectivity index is 1.27. The van der Waals surface area contributed by atoms with Gasteiger partial charge in [-0.15, -0.1) is 0 Å². The predicted octanol–water partition coefficient (Wildman–Crippen LogP) is 3.30. The van der Waals surface area contributed by atoms with Crippen molar-refractivity contribution < 1.29 is 18.4 Å². The highest BCUT2D eigenvalue weighted by Gasteiger charge is 2.27. The van der Waals surface area contributed by atoms with Crippen molar-refractivity contribution in [3.05, 3.63) is 65.8 Å². The molecule has 8 heteroatoms. The molecule has 31 heavy (non-hydrogen) atoms. The van der Waals surface area contributed by atoms with Gasteiger partial charge >= 0.3 is 0 Å². The number of hydrogen-bond donors (Lipinski definition) is 0. The van der Waals surface area contributed by atoms with Gasteiger partial charge < -0.3 is 14.2 Å². The van der Waals surface area contributed by atoms with Crippen LogP contribution in [0.1, 0.15) is 18.4 Å². The van der Waals surface area contributed by atoms with E-state index in [1.165, 1.54) is 29.8 Å². The average Bonchev–Trinajstić information content (AvgIpc) is 3.24. The van der Waals surface area contributed by atoms with Gasteiger partial charge in [-0.3, -0.25) is 9.69 Å². The Labute approximate surface area is 180 Å². The Bertz CT molecular complexity index is 1010. The third kappa shape index (κ3) is 5.27. The van der Waals surface area contributed by atoms with Gasteiger partial charge in [-0.05, 0) is 38.1 Å². The summed E-state index contributed by atoms with van der Waals surface area (Å²) in [6, 6.07) is 13.6. The van der Waals surface area contributed by atoms with E-state index in [9.17, 15) is 9.18 Å². The molecule has 0 saturated carbocycles. The molecule has 2 aromatic carbocycles. The van der Waals surface area contributed by atoms with E-state index in [-0.39, 0.29) is 11.7 Å². The summed E-state index contributed by atoms with van der Waals surface area (Å²) in [6.45, 7) is 6.88. The quantitative estimate of drug-likeness (QED) is 0.605. The van der Waals surface area contributed by atoms with Crippen molar-refractivity contribution in [3.63, 3.8) is 0 Å². The third-order valence-corrected chi connectivity index (χ3v) is 5.29. The molecule has 0 spiro atoms. The highest BCUT2D eigenvalue weighted by Crippen LogP contribution is 2.18. The first kappa shape index (κ1) is 21.0. The van der Waals surface area contributed by atoms with Crippen molar-refractivity contribution in [2.45, 2.75) is 26.5 Å². The Morgan fingerprint density at radius 2 is 1.77 bits per heavy atom. The lowest BCUT2D eigenvalue weighted by Crippen LogP contribution is -2.51. The van der Waals surface area contributed by atoms with E-state index in [2.05, 4.69) is 15.0 Å². The molecule has 1 aliphatic rings. The molecule has 1 aromatic heterocycles. The van der Waals surface area contributed by atoms with Crippen LogP contribution in [0.5, 0.6) is 5.75 Å². The Morgan fingerprint density at radius 1 is 1.10 bits per heavy atom. The van der Waals surface area contributed by atoms with Gasteiger partial charge in [0.15, 0.2) is 6.10 Å². The number of aromatic nitrogens is 2. The van der Waals surface area contributed by atoms with E-state index < -0.39 is 6.10 Å². The maximum absolute atomic E-state index is 13.0. The van der Waals surface area contributed by atoms with E-state index in [4.69, 9.17) is 9.26 Å². The Kier molecular flexibility index (Phi) is 6.27. The topological polar surface area (TPSA) is 71.7 Å². The molecular formula is C23H25FN4O3. The first-order valence-corrected chi connectivity index (χ1v) is 10.3. The van der Waals surface area contributed by atoms with E-state index >= 15 is 0 Å². The summed E-state index contributed by atoms with van der Waals surface area (Å²) in [4.78, 5) is 21.1. The van der Waals surface area contributed by atoms with Crippen molar-refractivity contribution in [3.8, 4) is 17.1 Å². The lowest BCUT2D eigenvalue weighted by molar-refractivity contribution is -0.139. The highest BCUT2D eigenvalue weighted by atomic mass is 19.1. The third-order valence-electron chi connectivity index (χ3n) is 5.29. The lowest BCUT2D eigenvalue weighted by Gasteiger charge is -2.35. The number of nitrogens with zero attached hydrogens (tertiary/aromatic N) is 4. The molecule has 1 aliphatic heterocycles. The van der Waals surface area contributed by atoms with Crippen LogP contribution in [0.2, 0.25) is 0 Å². The maximum atomic E-state index is 13.0. The van der Waals surface area contributed by atoms with Crippen LogP contribution in [0.15, 0.2) is 53.1 Å². The molecule has 0 unspecified atom stereocenters. The van der Waals surface area contributed by atoms with Gasteiger partial charge in [-0.2, -0.15) is 4.98 Å². The maximum Gasteiger partial charge on any atom is 0.263 e. The summed E-state index contributed by atoms with van der Waals surface area (Å²) in [6.07, 6.45) is -0.634. The molecule has 3 aromatic rings. The van der Waals surface area contributed by atoms with Gasteiger partial charge in [0.25, 0.3) is 5.91 Å². The predicted molar refractivity (Wildman–Crippen MR) is 113 cm³/mol. The van der Waals surface area contributed by atoms with Gasteiger partial charge in [0.05, 0.1) is 6.54 Å². The van der Waals surface area contributed by atoms with Crippen LogP contribution in [0.3, 0.4) is 0 Å². The standard InChI is InChI=1S/C23H25FN4O3/c1-16-3-5-18(6-4-16)22-25-21(31-26-22)15-27-11-13-28(14-12-27)23(29)17(2)30-20-9-7-19(24)8-10-20/h3-10,17H,11-15H2,1-2H3/t17-/m1/s1. The number of carbonyl (C=O) groups is 1. The lowest BCUT2D eigenvalue weighted by atomic mass is 10.1. The SMILES string of the molecule is Cc1ccc(-c2noc(CN3CCN(C(=O)[C@@H](C)Oc4ccc(F)cc4)CC3)n2)cc1. The van der Waals surface area contributed by atoms with Crippen LogP contribution >= 0.6 is 0 Å². The second-order valence-electron chi connectivity index (χ2n) is 7.69. The minimum atomic E-state index is -0.634. The number of rotatable bonds is 6. The summed E-state index contributed by atoms with van der Waals surface area (Å²) in [5, 5.41) is 4.08. The minimum absolute atomic E-state index is 0.0802. The molecule has 162 valence electrons. The number of ether oxygens (including phenoxy) is 1. The zero-order valence-corrected chi connectivity index (χ0v) is 17.6. The molecule has 0 N–H and O–H groups in total. The zero-order valence-electron chi connectivity index (χ0n) is 17.6. The van der Waals surface area contributed by atoms with Crippen LogP contribution in [-0.4, -0.2) is 58.1 Å². The molecule has 1 fully saturated rings. The molecule has 1 saturated heterocycles. The fourth-order valence-electron chi connectivity index (χ4n) is 3.48. The first-order chi connectivity index (χ1) is 15.0. The van der Waals surface area contributed by atoms with Crippen molar-refractivity contribution in [2.75, 3.05) is 26.2 Å². The largest absolute Gasteiger partial charge is 0.481 e. The smallest absolute Gasteiger partial charge is 0.263 e. The normalized spacial score (nSPS) is 15.6. The molecule has 1 atom stereocenters. The number of aryl methyl sites for hydroxylation is 1. The van der Waals surface area contributed by atoms with Crippen LogP contribution in [-0.2, 0) is 11.3 Å². The molecular weight excluding hydrogens is 399 g/mol. The van der Waals surface area contributed by atoms with Gasteiger partial charge in [0.2, 0.25) is 11.7 Å². The second-order valence-corrected chi connectivity index (χ2v) is 7.69. The van der Waals surface area contributed by atoms with E-state index in [0.29, 0.717) is 50.2 Å². The number of halogens is 1. The second kappa shape index (κ2) is 9.26. The van der Waals surface area contributed by atoms with E-state index in [1.54, 1.807) is 11.8 Å². The highest BCUT2D eigenvalue weighted by molar-refractivity contribution is 5.81. The Hall–Kier alpha value is -3.26. The Morgan fingerprint density at radius 3 is 2.45 bits per heavy atom. The summed E-state index contributed by atoms with van der Waals surface area (Å²) < 4.78 is 24.1. The van der Waals surface area contributed by atoms with E-state index in [1.807, 2.05) is 31.2 Å². The number of piperazine rings is 1. The van der Waals surface area contributed by atoms with Crippen molar-refractivity contribution >= 4 is 5.91 Å². The summed E-state index contributed by atoms with van der Waals surface area (Å²) >= 11 is 0. The van der Waals surface area contributed by atoms with Crippen LogP contribution in [0, 0.1) is 12.7 Å². The summed E-state index contributed by atoms with van der Waals surface area (Å²) in [7, 11) is 0. The van der Waals surface area contributed by atoms with Gasteiger partial charge in [0, 0.05) is 31.7 Å². The van der Waals surface area contributed by atoms with Crippen LogP contribution < -0.4 is 4.74 Å². The molecule has 7 nitrogen and oxygen atoms in total. The fraction of sp³-hybridized carbons (Fsp3) is 0.348. The molecule has 2 heterocycles. The molecule has 1 amide bonds. The zero-order chi connectivity index (χ0) is 21.8. The van der Waals surface area contributed by atoms with Gasteiger partial charge in [-0.1, -0.05) is 35.0 Å². The molecule has 0 bridgehead atoms.